The third-order valence-corrected chi connectivity index (χ3v) is 2.73. The van der Waals surface area contributed by atoms with E-state index in [4.69, 9.17) is 0 Å². The standard InChI is InChI=1S/C12H18N4/c1-3-16-7-5-11(10-16)8-13-9-12-4-6-14-15(12)2/h4-7,10,13H,3,8-9H2,1-2H3. The first-order valence-electron chi connectivity index (χ1n) is 5.62. The van der Waals surface area contributed by atoms with E-state index in [9.17, 15) is 0 Å². The summed E-state index contributed by atoms with van der Waals surface area (Å²) < 4.78 is 4.07. The quantitative estimate of drug-likeness (QED) is 0.826. The normalized spacial score (nSPS) is 10.9. The van der Waals surface area contributed by atoms with Gasteiger partial charge in [0.05, 0.1) is 5.69 Å². The minimum atomic E-state index is 0.855. The minimum absolute atomic E-state index is 0.855. The molecule has 0 aliphatic rings. The van der Waals surface area contributed by atoms with Gasteiger partial charge in [-0.05, 0) is 24.6 Å². The average molecular weight is 218 g/mol. The van der Waals surface area contributed by atoms with Crippen molar-refractivity contribution in [3.05, 3.63) is 42.0 Å². The fourth-order valence-corrected chi connectivity index (χ4v) is 1.70. The zero-order valence-corrected chi connectivity index (χ0v) is 9.85. The molecule has 4 heteroatoms. The lowest BCUT2D eigenvalue weighted by Crippen LogP contribution is -2.14. The second kappa shape index (κ2) is 4.99. The van der Waals surface area contributed by atoms with Gasteiger partial charge >= 0.3 is 0 Å². The monoisotopic (exact) mass is 218 g/mol. The maximum absolute atomic E-state index is 4.13. The van der Waals surface area contributed by atoms with Crippen molar-refractivity contribution >= 4 is 0 Å². The third-order valence-electron chi connectivity index (χ3n) is 2.73. The molecular formula is C12H18N4. The molecule has 1 N–H and O–H groups in total. The van der Waals surface area contributed by atoms with Crippen LogP contribution in [-0.4, -0.2) is 14.3 Å². The summed E-state index contributed by atoms with van der Waals surface area (Å²) >= 11 is 0. The van der Waals surface area contributed by atoms with Crippen molar-refractivity contribution in [2.75, 3.05) is 0 Å². The molecule has 0 fully saturated rings. The Bertz CT molecular complexity index is 441. The molecule has 0 amide bonds. The van der Waals surface area contributed by atoms with Crippen LogP contribution >= 0.6 is 0 Å². The summed E-state index contributed by atoms with van der Waals surface area (Å²) in [6.07, 6.45) is 6.11. The van der Waals surface area contributed by atoms with Gasteiger partial charge in [-0.3, -0.25) is 4.68 Å². The van der Waals surface area contributed by atoms with E-state index in [0.29, 0.717) is 0 Å². The Morgan fingerprint density at radius 3 is 2.81 bits per heavy atom. The van der Waals surface area contributed by atoms with E-state index in [1.54, 1.807) is 0 Å². The Morgan fingerprint density at radius 1 is 1.31 bits per heavy atom. The van der Waals surface area contributed by atoms with Crippen LogP contribution in [0.15, 0.2) is 30.7 Å². The van der Waals surface area contributed by atoms with Gasteiger partial charge in [-0.1, -0.05) is 0 Å². The summed E-state index contributed by atoms with van der Waals surface area (Å²) in [7, 11) is 1.96. The van der Waals surface area contributed by atoms with E-state index in [-0.39, 0.29) is 0 Å². The molecule has 0 aliphatic carbocycles. The zero-order chi connectivity index (χ0) is 11.4. The molecule has 2 heterocycles. The van der Waals surface area contributed by atoms with Gasteiger partial charge in [0.1, 0.15) is 0 Å². The Hall–Kier alpha value is -1.55. The molecule has 2 aromatic heterocycles. The molecule has 0 saturated heterocycles. The molecule has 0 saturated carbocycles. The lowest BCUT2D eigenvalue weighted by Gasteiger charge is -2.03. The molecular weight excluding hydrogens is 200 g/mol. The van der Waals surface area contributed by atoms with Gasteiger partial charge in [0.15, 0.2) is 0 Å². The van der Waals surface area contributed by atoms with Crippen LogP contribution in [0.5, 0.6) is 0 Å². The molecule has 86 valence electrons. The lowest BCUT2D eigenvalue weighted by atomic mass is 10.3. The predicted octanol–water partition coefficient (Wildman–Crippen LogP) is 1.53. The van der Waals surface area contributed by atoms with E-state index in [1.807, 2.05) is 24.0 Å². The molecule has 0 radical (unpaired) electrons. The van der Waals surface area contributed by atoms with Crippen molar-refractivity contribution in [3.63, 3.8) is 0 Å². The van der Waals surface area contributed by atoms with E-state index >= 15 is 0 Å². The molecule has 0 aromatic carbocycles. The van der Waals surface area contributed by atoms with Crippen LogP contribution in [-0.2, 0) is 26.7 Å². The molecule has 0 bridgehead atoms. The van der Waals surface area contributed by atoms with Gasteiger partial charge in [-0.2, -0.15) is 5.10 Å². The zero-order valence-electron chi connectivity index (χ0n) is 9.85. The van der Waals surface area contributed by atoms with Crippen LogP contribution in [0.4, 0.5) is 0 Å². The number of aryl methyl sites for hydroxylation is 2. The van der Waals surface area contributed by atoms with E-state index in [2.05, 4.69) is 40.4 Å². The summed E-state index contributed by atoms with van der Waals surface area (Å²) in [6.45, 7) is 4.93. The van der Waals surface area contributed by atoms with Crippen LogP contribution in [0, 0.1) is 0 Å². The van der Waals surface area contributed by atoms with Crippen LogP contribution in [0.1, 0.15) is 18.2 Å². The highest BCUT2D eigenvalue weighted by molar-refractivity contribution is 5.10. The third kappa shape index (κ3) is 2.52. The number of hydrogen-bond acceptors (Lipinski definition) is 2. The SMILES string of the molecule is CCn1ccc(CNCc2ccnn2C)c1. The number of aromatic nitrogens is 3. The van der Waals surface area contributed by atoms with Gasteiger partial charge < -0.3 is 9.88 Å². The van der Waals surface area contributed by atoms with Crippen molar-refractivity contribution in [1.29, 1.82) is 0 Å². The summed E-state index contributed by atoms with van der Waals surface area (Å²) in [5, 5.41) is 7.54. The number of nitrogens with one attached hydrogen (secondary N) is 1. The van der Waals surface area contributed by atoms with Gasteiger partial charge in [-0.15, -0.1) is 0 Å². The topological polar surface area (TPSA) is 34.8 Å². The van der Waals surface area contributed by atoms with Gasteiger partial charge in [0.25, 0.3) is 0 Å². The molecule has 0 aliphatic heterocycles. The highest BCUT2D eigenvalue weighted by Gasteiger charge is 1.99. The molecule has 0 atom stereocenters. The summed E-state index contributed by atoms with van der Waals surface area (Å²) in [6, 6.07) is 4.18. The van der Waals surface area contributed by atoms with Crippen LogP contribution < -0.4 is 5.32 Å². The van der Waals surface area contributed by atoms with Crippen molar-refractivity contribution < 1.29 is 0 Å². The van der Waals surface area contributed by atoms with Crippen LogP contribution in [0.25, 0.3) is 0 Å². The molecule has 16 heavy (non-hydrogen) atoms. The Morgan fingerprint density at radius 2 is 2.19 bits per heavy atom. The second-order valence-corrected chi connectivity index (χ2v) is 3.90. The summed E-state index contributed by atoms with van der Waals surface area (Å²) in [5.41, 5.74) is 2.53. The van der Waals surface area contributed by atoms with Gasteiger partial charge in [0, 0.05) is 45.3 Å². The fourth-order valence-electron chi connectivity index (χ4n) is 1.70. The maximum atomic E-state index is 4.13. The van der Waals surface area contributed by atoms with Crippen molar-refractivity contribution in [1.82, 2.24) is 19.7 Å². The molecule has 2 rings (SSSR count). The highest BCUT2D eigenvalue weighted by Crippen LogP contribution is 2.02. The Balaban J connectivity index is 1.82. The largest absolute Gasteiger partial charge is 0.354 e. The summed E-state index contributed by atoms with van der Waals surface area (Å²) in [5.74, 6) is 0. The molecule has 4 nitrogen and oxygen atoms in total. The molecule has 0 spiro atoms. The van der Waals surface area contributed by atoms with Crippen molar-refractivity contribution in [3.8, 4) is 0 Å². The van der Waals surface area contributed by atoms with E-state index in [1.165, 1.54) is 11.3 Å². The number of hydrogen-bond donors (Lipinski definition) is 1. The lowest BCUT2D eigenvalue weighted by molar-refractivity contribution is 0.625. The van der Waals surface area contributed by atoms with Crippen LogP contribution in [0.2, 0.25) is 0 Å². The van der Waals surface area contributed by atoms with Gasteiger partial charge in [-0.25, -0.2) is 0 Å². The Labute approximate surface area is 95.9 Å². The van der Waals surface area contributed by atoms with Crippen molar-refractivity contribution in [2.45, 2.75) is 26.6 Å². The summed E-state index contributed by atoms with van der Waals surface area (Å²) in [4.78, 5) is 0. The van der Waals surface area contributed by atoms with Crippen LogP contribution in [0.3, 0.4) is 0 Å². The first kappa shape index (κ1) is 11.0. The average Bonchev–Trinajstić information content (AvgIpc) is 2.89. The van der Waals surface area contributed by atoms with E-state index < -0.39 is 0 Å². The first-order chi connectivity index (χ1) is 7.79. The fraction of sp³-hybridized carbons (Fsp3) is 0.417. The highest BCUT2D eigenvalue weighted by atomic mass is 15.3. The maximum Gasteiger partial charge on any atom is 0.0518 e. The van der Waals surface area contributed by atoms with Gasteiger partial charge in [0.2, 0.25) is 0 Å². The predicted molar refractivity (Wildman–Crippen MR) is 63.9 cm³/mol. The van der Waals surface area contributed by atoms with Crippen molar-refractivity contribution in [2.24, 2.45) is 7.05 Å². The van der Waals surface area contributed by atoms with E-state index in [0.717, 1.165) is 19.6 Å². The first-order valence-corrected chi connectivity index (χ1v) is 5.62. The second-order valence-electron chi connectivity index (χ2n) is 3.90. The molecule has 0 unspecified atom stereocenters. The smallest absolute Gasteiger partial charge is 0.0518 e. The number of rotatable bonds is 5. The molecule has 2 aromatic rings. The Kier molecular flexibility index (Phi) is 3.41. The minimum Gasteiger partial charge on any atom is -0.354 e. The number of nitrogens with zero attached hydrogens (tertiary/aromatic N) is 3.